The first-order valence-electron chi connectivity index (χ1n) is 5.05. The molecule has 0 radical (unpaired) electrons. The molecule has 0 saturated heterocycles. The van der Waals surface area contributed by atoms with Crippen LogP contribution >= 0.6 is 45.2 Å². The highest BCUT2D eigenvalue weighted by Gasteiger charge is 2.54. The van der Waals surface area contributed by atoms with E-state index in [0.717, 1.165) is 31.5 Å². The Morgan fingerprint density at radius 1 is 0.833 bits per heavy atom. The van der Waals surface area contributed by atoms with E-state index >= 15 is 0 Å². The molecule has 0 aliphatic heterocycles. The van der Waals surface area contributed by atoms with Crippen molar-refractivity contribution in [1.29, 1.82) is 0 Å². The van der Waals surface area contributed by atoms with Gasteiger partial charge in [-0.3, -0.25) is 0 Å². The summed E-state index contributed by atoms with van der Waals surface area (Å²) in [7, 11) is 0. The molecule has 0 aromatic carbocycles. The fourth-order valence-corrected chi connectivity index (χ4v) is 6.78. The minimum atomic E-state index is 1.02. The first kappa shape index (κ1) is 8.74. The average molecular weight is 388 g/mol. The number of hydrogen-bond acceptors (Lipinski definition) is 0. The normalized spacial score (nSPS) is 62.5. The molecular weight excluding hydrogens is 374 g/mol. The van der Waals surface area contributed by atoms with Crippen LogP contribution in [0.5, 0.6) is 0 Å². The molecule has 0 aromatic rings. The Morgan fingerprint density at radius 3 is 2.50 bits per heavy atom. The van der Waals surface area contributed by atoms with Crippen LogP contribution in [0.15, 0.2) is 0 Å². The van der Waals surface area contributed by atoms with Crippen molar-refractivity contribution in [3.05, 3.63) is 0 Å². The first-order valence-corrected chi connectivity index (χ1v) is 7.54. The lowest BCUT2D eigenvalue weighted by Crippen LogP contribution is -2.22. The average Bonchev–Trinajstić information content (AvgIpc) is 2.51. The number of alkyl halides is 2. The second-order valence-electron chi connectivity index (χ2n) is 4.76. The smallest absolute Gasteiger partial charge is 0.0169 e. The van der Waals surface area contributed by atoms with E-state index in [0.29, 0.717) is 0 Å². The van der Waals surface area contributed by atoms with Crippen LogP contribution in [0.25, 0.3) is 0 Å². The van der Waals surface area contributed by atoms with Gasteiger partial charge in [-0.05, 0) is 49.4 Å². The van der Waals surface area contributed by atoms with Crippen molar-refractivity contribution in [2.24, 2.45) is 23.7 Å². The van der Waals surface area contributed by atoms with E-state index in [-0.39, 0.29) is 0 Å². The predicted octanol–water partition coefficient (Wildman–Crippen LogP) is 3.66. The van der Waals surface area contributed by atoms with Crippen LogP contribution < -0.4 is 0 Å². The van der Waals surface area contributed by atoms with Gasteiger partial charge in [0.1, 0.15) is 0 Å². The van der Waals surface area contributed by atoms with Crippen LogP contribution in [0.4, 0.5) is 0 Å². The molecule has 3 aliphatic rings. The zero-order valence-electron chi connectivity index (χ0n) is 7.05. The number of rotatable bonds is 0. The van der Waals surface area contributed by atoms with E-state index in [4.69, 9.17) is 0 Å². The fourth-order valence-electron chi connectivity index (χ4n) is 3.82. The van der Waals surface area contributed by atoms with Crippen molar-refractivity contribution in [3.8, 4) is 0 Å². The molecule has 6 unspecified atom stereocenters. The topological polar surface area (TPSA) is 0 Å². The molecule has 12 heavy (non-hydrogen) atoms. The lowest BCUT2D eigenvalue weighted by molar-refractivity contribution is 0.270. The van der Waals surface area contributed by atoms with Crippen LogP contribution in [0.1, 0.15) is 25.7 Å². The number of halogens is 2. The zero-order valence-corrected chi connectivity index (χ0v) is 11.4. The van der Waals surface area contributed by atoms with Gasteiger partial charge in [0.2, 0.25) is 0 Å². The molecule has 0 N–H and O–H groups in total. The number of hydrogen-bond donors (Lipinski definition) is 0. The van der Waals surface area contributed by atoms with Gasteiger partial charge in [-0.25, -0.2) is 0 Å². The molecule has 0 heterocycles. The number of fused-ring (bicyclic) bond motifs is 1. The van der Waals surface area contributed by atoms with Gasteiger partial charge in [-0.1, -0.05) is 45.2 Å². The Kier molecular flexibility index (Phi) is 2.17. The highest BCUT2D eigenvalue weighted by Crippen LogP contribution is 2.60. The van der Waals surface area contributed by atoms with Gasteiger partial charge in [0.15, 0.2) is 0 Å². The quantitative estimate of drug-likeness (QED) is 0.439. The highest BCUT2D eigenvalue weighted by molar-refractivity contribution is 14.1. The van der Waals surface area contributed by atoms with E-state index in [1.54, 1.807) is 25.7 Å². The van der Waals surface area contributed by atoms with E-state index in [1.165, 1.54) is 0 Å². The van der Waals surface area contributed by atoms with Gasteiger partial charge < -0.3 is 0 Å². The molecule has 0 aromatic heterocycles. The molecule has 0 nitrogen and oxygen atoms in total. The van der Waals surface area contributed by atoms with Gasteiger partial charge in [0, 0.05) is 7.85 Å². The monoisotopic (exact) mass is 388 g/mol. The van der Waals surface area contributed by atoms with Gasteiger partial charge in [0.25, 0.3) is 0 Å². The molecule has 6 atom stereocenters. The Labute approximate surface area is 102 Å². The molecule has 3 aliphatic carbocycles. The summed E-state index contributed by atoms with van der Waals surface area (Å²) in [5, 5.41) is 0. The molecule has 68 valence electrons. The summed E-state index contributed by atoms with van der Waals surface area (Å²) in [6.07, 6.45) is 6.23. The second-order valence-corrected chi connectivity index (χ2v) is 7.80. The molecular formula is C10H14I2. The van der Waals surface area contributed by atoms with Gasteiger partial charge in [-0.2, -0.15) is 0 Å². The Morgan fingerprint density at radius 2 is 1.67 bits per heavy atom. The van der Waals surface area contributed by atoms with Crippen molar-refractivity contribution in [3.63, 3.8) is 0 Å². The van der Waals surface area contributed by atoms with Crippen molar-refractivity contribution >= 4 is 45.2 Å². The molecule has 2 bridgehead atoms. The van der Waals surface area contributed by atoms with Crippen LogP contribution in [0, 0.1) is 23.7 Å². The largest absolute Gasteiger partial charge is 0.0823 e. The van der Waals surface area contributed by atoms with Crippen molar-refractivity contribution in [1.82, 2.24) is 0 Å². The van der Waals surface area contributed by atoms with Crippen molar-refractivity contribution in [2.45, 2.75) is 33.5 Å². The second kappa shape index (κ2) is 2.97. The van der Waals surface area contributed by atoms with E-state index in [1.807, 2.05) is 0 Å². The Bertz CT molecular complexity index is 202. The SMILES string of the molecule is IC1CC2C(I)C3CCC1C2C3. The summed E-state index contributed by atoms with van der Waals surface area (Å²) in [4.78, 5) is 0. The third kappa shape index (κ3) is 1.06. The van der Waals surface area contributed by atoms with Crippen molar-refractivity contribution < 1.29 is 0 Å². The molecule has 0 amide bonds. The molecule has 3 saturated carbocycles. The summed E-state index contributed by atoms with van der Waals surface area (Å²) < 4.78 is 2.06. The summed E-state index contributed by atoms with van der Waals surface area (Å²) in [6.45, 7) is 0. The molecule has 2 heteroatoms. The summed E-state index contributed by atoms with van der Waals surface area (Å²) in [6, 6.07) is 0. The van der Waals surface area contributed by atoms with Crippen LogP contribution in [0.2, 0.25) is 0 Å². The standard InChI is InChI=1S/C10H14I2/c11-9-4-8-7-3-5(10(8)12)1-2-6(7)9/h5-10H,1-4H2. The highest BCUT2D eigenvalue weighted by atomic mass is 127. The van der Waals surface area contributed by atoms with E-state index < -0.39 is 0 Å². The van der Waals surface area contributed by atoms with Gasteiger partial charge >= 0.3 is 0 Å². The third-order valence-corrected chi connectivity index (χ3v) is 7.74. The fraction of sp³-hybridized carbons (Fsp3) is 1.00. The van der Waals surface area contributed by atoms with E-state index in [9.17, 15) is 0 Å². The van der Waals surface area contributed by atoms with Crippen LogP contribution in [-0.4, -0.2) is 7.85 Å². The third-order valence-electron chi connectivity index (χ3n) is 4.37. The first-order chi connectivity index (χ1) is 5.77. The van der Waals surface area contributed by atoms with Gasteiger partial charge in [0.05, 0.1) is 0 Å². The molecule has 0 spiro atoms. The Balaban J connectivity index is 1.95. The maximum Gasteiger partial charge on any atom is 0.0169 e. The predicted molar refractivity (Wildman–Crippen MR) is 68.0 cm³/mol. The minimum absolute atomic E-state index is 1.02. The Hall–Kier alpha value is 1.46. The van der Waals surface area contributed by atoms with E-state index in [2.05, 4.69) is 45.2 Å². The van der Waals surface area contributed by atoms with Gasteiger partial charge in [-0.15, -0.1) is 0 Å². The summed E-state index contributed by atoms with van der Waals surface area (Å²) >= 11 is 5.46. The summed E-state index contributed by atoms with van der Waals surface area (Å²) in [5.74, 6) is 4.49. The summed E-state index contributed by atoms with van der Waals surface area (Å²) in [5.41, 5.74) is 0. The lowest BCUT2D eigenvalue weighted by Gasteiger charge is -2.28. The van der Waals surface area contributed by atoms with Crippen LogP contribution in [0.3, 0.4) is 0 Å². The van der Waals surface area contributed by atoms with Crippen LogP contribution in [-0.2, 0) is 0 Å². The molecule has 3 fully saturated rings. The lowest BCUT2D eigenvalue weighted by atomic mass is 9.81. The minimum Gasteiger partial charge on any atom is -0.0823 e. The molecule has 3 rings (SSSR count). The zero-order chi connectivity index (χ0) is 8.29. The maximum absolute atomic E-state index is 2.74. The maximum atomic E-state index is 2.74. The van der Waals surface area contributed by atoms with Crippen molar-refractivity contribution in [2.75, 3.05) is 0 Å².